The average Bonchev–Trinajstić information content (AvgIpc) is 2.97. The SMILES string of the molecule is OB(O)Oc1cccc(OCC2CC2)c1. The molecule has 4 nitrogen and oxygen atoms in total. The van der Waals surface area contributed by atoms with E-state index < -0.39 is 7.32 Å². The van der Waals surface area contributed by atoms with Gasteiger partial charge in [0.1, 0.15) is 11.5 Å². The summed E-state index contributed by atoms with van der Waals surface area (Å²) in [7, 11) is -1.79. The van der Waals surface area contributed by atoms with Gasteiger partial charge in [-0.25, -0.2) is 0 Å². The Morgan fingerprint density at radius 1 is 1.27 bits per heavy atom. The molecule has 0 amide bonds. The highest BCUT2D eigenvalue weighted by molar-refractivity contribution is 6.33. The van der Waals surface area contributed by atoms with Gasteiger partial charge in [-0.3, -0.25) is 0 Å². The Balaban J connectivity index is 1.91. The molecule has 1 aliphatic rings. The molecule has 1 aromatic rings. The smallest absolute Gasteiger partial charge is 0.512 e. The molecule has 1 aliphatic carbocycles. The fourth-order valence-corrected chi connectivity index (χ4v) is 1.26. The summed E-state index contributed by atoms with van der Waals surface area (Å²) in [5.41, 5.74) is 0. The number of ether oxygens (including phenoxy) is 1. The molecular formula is C10H13BO4. The highest BCUT2D eigenvalue weighted by atomic mass is 16.6. The second kappa shape index (κ2) is 4.55. The van der Waals surface area contributed by atoms with Crippen molar-refractivity contribution in [3.05, 3.63) is 24.3 Å². The second-order valence-electron chi connectivity index (χ2n) is 3.67. The van der Waals surface area contributed by atoms with E-state index in [-0.39, 0.29) is 0 Å². The summed E-state index contributed by atoms with van der Waals surface area (Å²) in [5.74, 6) is 1.77. The van der Waals surface area contributed by atoms with Crippen LogP contribution in [-0.2, 0) is 0 Å². The van der Waals surface area contributed by atoms with Gasteiger partial charge in [-0.1, -0.05) is 6.07 Å². The predicted molar refractivity (Wildman–Crippen MR) is 55.5 cm³/mol. The summed E-state index contributed by atoms with van der Waals surface area (Å²) in [6.07, 6.45) is 2.48. The average molecular weight is 208 g/mol. The van der Waals surface area contributed by atoms with Crippen LogP contribution in [0.4, 0.5) is 0 Å². The van der Waals surface area contributed by atoms with E-state index in [0.717, 1.165) is 6.61 Å². The quantitative estimate of drug-likeness (QED) is 0.703. The van der Waals surface area contributed by atoms with E-state index in [1.165, 1.54) is 12.8 Å². The van der Waals surface area contributed by atoms with Gasteiger partial charge in [-0.2, -0.15) is 0 Å². The maximum Gasteiger partial charge on any atom is 0.707 e. The lowest BCUT2D eigenvalue weighted by Gasteiger charge is -2.08. The first kappa shape index (κ1) is 10.3. The second-order valence-corrected chi connectivity index (χ2v) is 3.67. The van der Waals surface area contributed by atoms with Gasteiger partial charge >= 0.3 is 7.32 Å². The summed E-state index contributed by atoms with van der Waals surface area (Å²) in [4.78, 5) is 0. The van der Waals surface area contributed by atoms with Gasteiger partial charge < -0.3 is 19.4 Å². The highest BCUT2D eigenvalue weighted by Crippen LogP contribution is 2.30. The number of hydrogen-bond donors (Lipinski definition) is 2. The minimum absolute atomic E-state index is 0.387. The van der Waals surface area contributed by atoms with Crippen molar-refractivity contribution >= 4 is 7.32 Å². The van der Waals surface area contributed by atoms with Crippen molar-refractivity contribution in [3.63, 3.8) is 0 Å². The van der Waals surface area contributed by atoms with E-state index in [9.17, 15) is 0 Å². The van der Waals surface area contributed by atoms with Gasteiger partial charge in [-0.15, -0.1) is 0 Å². The van der Waals surface area contributed by atoms with Crippen molar-refractivity contribution < 1.29 is 19.4 Å². The Hall–Kier alpha value is -1.20. The van der Waals surface area contributed by atoms with E-state index in [1.54, 1.807) is 18.2 Å². The van der Waals surface area contributed by atoms with Crippen LogP contribution in [0.5, 0.6) is 11.5 Å². The Morgan fingerprint density at radius 2 is 2.00 bits per heavy atom. The van der Waals surface area contributed by atoms with Gasteiger partial charge in [0.05, 0.1) is 6.61 Å². The summed E-state index contributed by atoms with van der Waals surface area (Å²) < 4.78 is 10.2. The lowest BCUT2D eigenvalue weighted by Crippen LogP contribution is -2.20. The zero-order valence-electron chi connectivity index (χ0n) is 8.30. The molecule has 0 radical (unpaired) electrons. The van der Waals surface area contributed by atoms with Crippen molar-refractivity contribution in [2.75, 3.05) is 6.61 Å². The molecule has 0 heterocycles. The fourth-order valence-electron chi connectivity index (χ4n) is 1.26. The summed E-state index contributed by atoms with van der Waals surface area (Å²) in [5, 5.41) is 17.2. The topological polar surface area (TPSA) is 58.9 Å². The number of benzene rings is 1. The van der Waals surface area contributed by atoms with Crippen LogP contribution in [-0.4, -0.2) is 24.0 Å². The van der Waals surface area contributed by atoms with E-state index in [1.807, 2.05) is 6.07 Å². The first-order chi connectivity index (χ1) is 7.24. The molecule has 15 heavy (non-hydrogen) atoms. The molecule has 0 aliphatic heterocycles. The van der Waals surface area contributed by atoms with Gasteiger partial charge in [0.25, 0.3) is 0 Å². The monoisotopic (exact) mass is 208 g/mol. The van der Waals surface area contributed by atoms with Gasteiger partial charge in [0.15, 0.2) is 0 Å². The van der Waals surface area contributed by atoms with Crippen LogP contribution in [0.1, 0.15) is 12.8 Å². The molecule has 0 aromatic heterocycles. The predicted octanol–water partition coefficient (Wildman–Crippen LogP) is 0.824. The minimum Gasteiger partial charge on any atom is -0.512 e. The third-order valence-electron chi connectivity index (χ3n) is 2.23. The Labute approximate surface area is 88.6 Å². The van der Waals surface area contributed by atoms with Crippen molar-refractivity contribution in [1.29, 1.82) is 0 Å². The normalized spacial score (nSPS) is 14.8. The molecule has 1 saturated carbocycles. The minimum atomic E-state index is -1.79. The molecule has 5 heteroatoms. The maximum absolute atomic E-state index is 8.62. The van der Waals surface area contributed by atoms with Gasteiger partial charge in [-0.05, 0) is 30.9 Å². The molecule has 80 valence electrons. The molecule has 0 saturated heterocycles. The molecule has 2 N–H and O–H groups in total. The van der Waals surface area contributed by atoms with Crippen molar-refractivity contribution in [3.8, 4) is 11.5 Å². The van der Waals surface area contributed by atoms with Gasteiger partial charge in [0.2, 0.25) is 0 Å². The number of rotatable bonds is 5. The zero-order chi connectivity index (χ0) is 10.7. The van der Waals surface area contributed by atoms with E-state index in [2.05, 4.69) is 0 Å². The molecule has 2 rings (SSSR count). The first-order valence-electron chi connectivity index (χ1n) is 5.00. The van der Waals surface area contributed by atoms with Crippen LogP contribution >= 0.6 is 0 Å². The van der Waals surface area contributed by atoms with Crippen LogP contribution < -0.4 is 9.39 Å². The Kier molecular flexibility index (Phi) is 3.13. The Morgan fingerprint density at radius 3 is 2.67 bits per heavy atom. The van der Waals surface area contributed by atoms with Gasteiger partial charge in [0, 0.05) is 6.07 Å². The first-order valence-corrected chi connectivity index (χ1v) is 5.00. The fraction of sp³-hybridized carbons (Fsp3) is 0.400. The van der Waals surface area contributed by atoms with Crippen LogP contribution in [0.2, 0.25) is 0 Å². The van der Waals surface area contributed by atoms with E-state index in [4.69, 9.17) is 19.4 Å². The molecule has 0 unspecified atom stereocenters. The lowest BCUT2D eigenvalue weighted by atomic mass is 10.2. The molecule has 0 bridgehead atoms. The third-order valence-corrected chi connectivity index (χ3v) is 2.23. The molecule has 1 fully saturated rings. The molecule has 0 spiro atoms. The lowest BCUT2D eigenvalue weighted by molar-refractivity contribution is 0.283. The Bertz CT molecular complexity index is 325. The summed E-state index contributed by atoms with van der Waals surface area (Å²) in [6, 6.07) is 6.85. The third kappa shape index (κ3) is 3.45. The van der Waals surface area contributed by atoms with E-state index in [0.29, 0.717) is 17.4 Å². The number of hydrogen-bond acceptors (Lipinski definition) is 4. The highest BCUT2D eigenvalue weighted by Gasteiger charge is 2.22. The summed E-state index contributed by atoms with van der Waals surface area (Å²) >= 11 is 0. The van der Waals surface area contributed by atoms with Crippen LogP contribution in [0.25, 0.3) is 0 Å². The molecule has 1 aromatic carbocycles. The van der Waals surface area contributed by atoms with Crippen LogP contribution in [0.15, 0.2) is 24.3 Å². The van der Waals surface area contributed by atoms with Crippen molar-refractivity contribution in [2.24, 2.45) is 5.92 Å². The largest absolute Gasteiger partial charge is 0.707 e. The van der Waals surface area contributed by atoms with Crippen LogP contribution in [0, 0.1) is 5.92 Å². The van der Waals surface area contributed by atoms with Crippen molar-refractivity contribution in [1.82, 2.24) is 0 Å². The van der Waals surface area contributed by atoms with E-state index >= 15 is 0 Å². The van der Waals surface area contributed by atoms with Crippen LogP contribution in [0.3, 0.4) is 0 Å². The summed E-state index contributed by atoms with van der Waals surface area (Å²) in [6.45, 7) is 0.727. The molecule has 0 atom stereocenters. The molecular weight excluding hydrogens is 195 g/mol. The zero-order valence-corrected chi connectivity index (χ0v) is 8.30. The van der Waals surface area contributed by atoms with Crippen molar-refractivity contribution in [2.45, 2.75) is 12.8 Å². The standard InChI is InChI=1S/C10H13BO4/c12-11(13)15-10-3-1-2-9(6-10)14-7-8-4-5-8/h1-3,6,8,12-13H,4-5,7H2. The maximum atomic E-state index is 8.62.